The Labute approximate surface area is 212 Å². The maximum atomic E-state index is 13.6. The molecule has 10 heteroatoms. The van der Waals surface area contributed by atoms with Crippen LogP contribution in [-0.2, 0) is 26.2 Å². The van der Waals surface area contributed by atoms with E-state index in [1.807, 2.05) is 20.8 Å². The van der Waals surface area contributed by atoms with Crippen LogP contribution in [0.15, 0.2) is 42.5 Å². The fraction of sp³-hybridized carbons (Fsp3) is 0.417. The van der Waals surface area contributed by atoms with Gasteiger partial charge in [0, 0.05) is 22.1 Å². The first-order valence-electron chi connectivity index (χ1n) is 10.7. The summed E-state index contributed by atoms with van der Waals surface area (Å²) in [6.45, 7) is 8.33. The molecule has 0 saturated heterocycles. The van der Waals surface area contributed by atoms with Crippen LogP contribution in [0.4, 0.5) is 5.69 Å². The predicted molar refractivity (Wildman–Crippen MR) is 138 cm³/mol. The first-order chi connectivity index (χ1) is 15.6. The van der Waals surface area contributed by atoms with Gasteiger partial charge in [0.1, 0.15) is 12.6 Å². The van der Waals surface area contributed by atoms with E-state index in [1.54, 1.807) is 56.3 Å². The fourth-order valence-electron chi connectivity index (χ4n) is 3.33. The zero-order valence-corrected chi connectivity index (χ0v) is 22.6. The largest absolute Gasteiger partial charge is 0.350 e. The number of rotatable bonds is 8. The Hall–Kier alpha value is -2.29. The van der Waals surface area contributed by atoms with Gasteiger partial charge in [-0.2, -0.15) is 0 Å². The molecule has 0 unspecified atom stereocenters. The highest BCUT2D eigenvalue weighted by Crippen LogP contribution is 2.28. The topological polar surface area (TPSA) is 86.8 Å². The first kappa shape index (κ1) is 28.0. The van der Waals surface area contributed by atoms with Crippen molar-refractivity contribution >= 4 is 50.7 Å². The van der Waals surface area contributed by atoms with Crippen molar-refractivity contribution in [3.8, 4) is 0 Å². The number of benzene rings is 2. The average Bonchev–Trinajstić information content (AvgIpc) is 2.71. The molecule has 0 spiro atoms. The summed E-state index contributed by atoms with van der Waals surface area (Å²) in [4.78, 5) is 27.8. The Morgan fingerprint density at radius 2 is 1.62 bits per heavy atom. The van der Waals surface area contributed by atoms with Gasteiger partial charge in [-0.1, -0.05) is 47.5 Å². The highest BCUT2D eigenvalue weighted by atomic mass is 35.5. The monoisotopic (exact) mass is 527 g/mol. The molecule has 2 aromatic carbocycles. The summed E-state index contributed by atoms with van der Waals surface area (Å²) in [6.07, 6.45) is 1.02. The maximum Gasteiger partial charge on any atom is 0.244 e. The molecule has 186 valence electrons. The second-order valence-corrected chi connectivity index (χ2v) is 11.9. The highest BCUT2D eigenvalue weighted by molar-refractivity contribution is 7.92. The van der Waals surface area contributed by atoms with Crippen molar-refractivity contribution in [2.75, 3.05) is 17.1 Å². The number of carbonyl (C=O) groups excluding carboxylic acids is 2. The van der Waals surface area contributed by atoms with Gasteiger partial charge in [0.2, 0.25) is 21.8 Å². The second kappa shape index (κ2) is 11.0. The molecule has 34 heavy (non-hydrogen) atoms. The number of nitrogens with zero attached hydrogens (tertiary/aromatic N) is 2. The number of hydrogen-bond donors (Lipinski definition) is 1. The van der Waals surface area contributed by atoms with Gasteiger partial charge in [-0.3, -0.25) is 13.9 Å². The van der Waals surface area contributed by atoms with Crippen LogP contribution in [0, 0.1) is 6.92 Å². The van der Waals surface area contributed by atoms with Crippen molar-refractivity contribution in [2.45, 2.75) is 52.7 Å². The van der Waals surface area contributed by atoms with E-state index >= 15 is 0 Å². The van der Waals surface area contributed by atoms with Gasteiger partial charge in [-0.25, -0.2) is 8.42 Å². The Bertz CT molecular complexity index is 1160. The zero-order chi connectivity index (χ0) is 25.8. The van der Waals surface area contributed by atoms with Gasteiger partial charge in [-0.15, -0.1) is 0 Å². The van der Waals surface area contributed by atoms with E-state index in [1.165, 1.54) is 4.90 Å². The Kier molecular flexibility index (Phi) is 9.02. The van der Waals surface area contributed by atoms with Crippen LogP contribution < -0.4 is 9.62 Å². The molecule has 0 aliphatic rings. The SMILES string of the molecule is Cc1c(Cl)cccc1N(CC(=O)N(Cc1ccccc1Cl)[C@@H](C)C(=O)NC(C)(C)C)S(C)(=O)=O. The third kappa shape index (κ3) is 7.35. The number of amides is 2. The molecule has 2 rings (SSSR count). The highest BCUT2D eigenvalue weighted by Gasteiger charge is 2.32. The van der Waals surface area contributed by atoms with Gasteiger partial charge in [-0.05, 0) is 63.9 Å². The smallest absolute Gasteiger partial charge is 0.244 e. The van der Waals surface area contributed by atoms with E-state index in [9.17, 15) is 18.0 Å². The molecule has 0 aliphatic carbocycles. The normalized spacial score (nSPS) is 12.7. The van der Waals surface area contributed by atoms with Crippen molar-refractivity contribution in [1.82, 2.24) is 10.2 Å². The summed E-state index contributed by atoms with van der Waals surface area (Å²) < 4.78 is 26.3. The maximum absolute atomic E-state index is 13.6. The molecule has 1 atom stereocenters. The number of anilines is 1. The zero-order valence-electron chi connectivity index (χ0n) is 20.2. The van der Waals surface area contributed by atoms with E-state index in [4.69, 9.17) is 23.2 Å². The summed E-state index contributed by atoms with van der Waals surface area (Å²) in [5.74, 6) is -0.918. The van der Waals surface area contributed by atoms with Crippen LogP contribution in [0.1, 0.15) is 38.8 Å². The summed E-state index contributed by atoms with van der Waals surface area (Å²) in [6, 6.07) is 11.0. The van der Waals surface area contributed by atoms with Crippen molar-refractivity contribution in [2.24, 2.45) is 0 Å². The van der Waals surface area contributed by atoms with Crippen LogP contribution in [0.2, 0.25) is 10.0 Å². The van der Waals surface area contributed by atoms with Crippen molar-refractivity contribution in [3.63, 3.8) is 0 Å². The molecule has 0 saturated carbocycles. The van der Waals surface area contributed by atoms with Gasteiger partial charge >= 0.3 is 0 Å². The van der Waals surface area contributed by atoms with Crippen LogP contribution >= 0.6 is 23.2 Å². The van der Waals surface area contributed by atoms with Crippen LogP contribution in [0.25, 0.3) is 0 Å². The molecule has 7 nitrogen and oxygen atoms in total. The molecule has 0 heterocycles. The van der Waals surface area contributed by atoms with Gasteiger partial charge in [0.15, 0.2) is 0 Å². The lowest BCUT2D eigenvalue weighted by Gasteiger charge is -2.33. The summed E-state index contributed by atoms with van der Waals surface area (Å²) in [5.41, 5.74) is 0.949. The molecule has 0 radical (unpaired) electrons. The molecule has 1 N–H and O–H groups in total. The van der Waals surface area contributed by atoms with Crippen molar-refractivity contribution in [3.05, 3.63) is 63.6 Å². The minimum atomic E-state index is -3.84. The molecule has 0 aromatic heterocycles. The number of hydrogen-bond acceptors (Lipinski definition) is 4. The molecule has 2 aromatic rings. The molecule has 0 aliphatic heterocycles. The van der Waals surface area contributed by atoms with Gasteiger partial charge < -0.3 is 10.2 Å². The Balaban J connectivity index is 2.47. The van der Waals surface area contributed by atoms with Crippen LogP contribution in [-0.4, -0.2) is 49.5 Å². The number of halogens is 2. The third-order valence-corrected chi connectivity index (χ3v) is 7.06. The van der Waals surface area contributed by atoms with Crippen molar-refractivity contribution < 1.29 is 18.0 Å². The van der Waals surface area contributed by atoms with E-state index in [0.29, 0.717) is 26.9 Å². The minimum absolute atomic E-state index is 0.0311. The summed E-state index contributed by atoms with van der Waals surface area (Å²) in [7, 11) is -3.84. The minimum Gasteiger partial charge on any atom is -0.350 e. The Morgan fingerprint density at radius 3 is 2.18 bits per heavy atom. The van der Waals surface area contributed by atoms with Gasteiger partial charge in [0.05, 0.1) is 11.9 Å². The van der Waals surface area contributed by atoms with Crippen molar-refractivity contribution in [1.29, 1.82) is 0 Å². The number of carbonyl (C=O) groups is 2. The standard InChI is InChI=1S/C24H31Cl2N3O4S/c1-16-19(25)12-9-13-21(16)29(34(6,32)33)15-22(30)28(14-18-10-7-8-11-20(18)26)17(2)23(31)27-24(3,4)5/h7-13,17H,14-15H2,1-6H3,(H,27,31)/t17-/m0/s1. The summed E-state index contributed by atoms with van der Waals surface area (Å²) >= 11 is 12.5. The fourth-order valence-corrected chi connectivity index (χ4v) is 4.59. The predicted octanol–water partition coefficient (Wildman–Crippen LogP) is 4.40. The molecular formula is C24H31Cl2N3O4S. The number of nitrogens with one attached hydrogen (secondary N) is 1. The molecule has 0 fully saturated rings. The van der Waals surface area contributed by atoms with E-state index in [2.05, 4.69) is 5.32 Å². The van der Waals surface area contributed by atoms with E-state index < -0.39 is 34.1 Å². The van der Waals surface area contributed by atoms with E-state index in [-0.39, 0.29) is 12.5 Å². The lowest BCUT2D eigenvalue weighted by molar-refractivity contribution is -0.140. The van der Waals surface area contributed by atoms with Gasteiger partial charge in [0.25, 0.3) is 0 Å². The quantitative estimate of drug-likeness (QED) is 0.551. The third-order valence-electron chi connectivity index (χ3n) is 5.15. The number of sulfonamides is 1. The van der Waals surface area contributed by atoms with Crippen LogP contribution in [0.5, 0.6) is 0 Å². The molecule has 0 bridgehead atoms. The Morgan fingerprint density at radius 1 is 1.03 bits per heavy atom. The molecular weight excluding hydrogens is 497 g/mol. The second-order valence-electron chi connectivity index (χ2n) is 9.18. The molecule has 2 amide bonds. The lowest BCUT2D eigenvalue weighted by Crippen LogP contribution is -2.54. The first-order valence-corrected chi connectivity index (χ1v) is 13.3. The van der Waals surface area contributed by atoms with E-state index in [0.717, 1.165) is 10.6 Å². The van der Waals surface area contributed by atoms with Crippen LogP contribution in [0.3, 0.4) is 0 Å². The lowest BCUT2D eigenvalue weighted by atomic mass is 10.1. The average molecular weight is 529 g/mol. The summed E-state index contributed by atoms with van der Waals surface area (Å²) in [5, 5.41) is 3.69.